The van der Waals surface area contributed by atoms with Crippen molar-refractivity contribution in [2.75, 3.05) is 26.3 Å². The van der Waals surface area contributed by atoms with E-state index in [0.29, 0.717) is 19.1 Å². The van der Waals surface area contributed by atoms with E-state index >= 15 is 0 Å². The van der Waals surface area contributed by atoms with E-state index in [1.54, 1.807) is 0 Å². The van der Waals surface area contributed by atoms with E-state index < -0.39 is 0 Å². The number of imidazole rings is 1. The predicted octanol–water partition coefficient (Wildman–Crippen LogP) is 2.11. The number of piperidine rings is 1. The van der Waals surface area contributed by atoms with E-state index in [0.717, 1.165) is 30.3 Å². The highest BCUT2D eigenvalue weighted by Gasteiger charge is 2.20. The van der Waals surface area contributed by atoms with Crippen LogP contribution in [-0.4, -0.2) is 35.9 Å². The fraction of sp³-hybridized carbons (Fsp3) is 0.438. The minimum Gasteiger partial charge on any atom is -0.486 e. The maximum absolute atomic E-state index is 5.68. The Labute approximate surface area is 123 Å². The smallest absolute Gasteiger partial charge is 0.163 e. The van der Waals surface area contributed by atoms with Crippen LogP contribution in [0.5, 0.6) is 11.5 Å². The summed E-state index contributed by atoms with van der Waals surface area (Å²) in [6, 6.07) is 6.08. The Bertz CT molecular complexity index is 632. The van der Waals surface area contributed by atoms with Crippen LogP contribution in [0.25, 0.3) is 5.69 Å². The van der Waals surface area contributed by atoms with Gasteiger partial charge in [-0.1, -0.05) is 0 Å². The van der Waals surface area contributed by atoms with Gasteiger partial charge >= 0.3 is 0 Å². The van der Waals surface area contributed by atoms with Crippen LogP contribution in [0, 0.1) is 0 Å². The van der Waals surface area contributed by atoms with E-state index in [4.69, 9.17) is 9.47 Å². The lowest BCUT2D eigenvalue weighted by Crippen LogP contribution is -2.29. The summed E-state index contributed by atoms with van der Waals surface area (Å²) in [5.41, 5.74) is 2.34. The first-order valence-electron chi connectivity index (χ1n) is 7.55. The van der Waals surface area contributed by atoms with E-state index in [1.807, 2.05) is 24.7 Å². The molecule has 5 nitrogen and oxygen atoms in total. The summed E-state index contributed by atoms with van der Waals surface area (Å²) in [6.07, 6.45) is 6.30. The molecule has 0 aliphatic carbocycles. The van der Waals surface area contributed by atoms with Crippen LogP contribution in [-0.2, 0) is 0 Å². The van der Waals surface area contributed by atoms with Crippen LogP contribution < -0.4 is 14.8 Å². The van der Waals surface area contributed by atoms with E-state index in [1.165, 1.54) is 18.5 Å². The molecule has 1 N–H and O–H groups in total. The van der Waals surface area contributed by atoms with Gasteiger partial charge < -0.3 is 19.4 Å². The van der Waals surface area contributed by atoms with Gasteiger partial charge in [0, 0.05) is 30.4 Å². The third-order valence-corrected chi connectivity index (χ3v) is 4.19. The molecule has 4 rings (SSSR count). The molecular weight excluding hydrogens is 266 g/mol. The number of fused-ring (bicyclic) bond motifs is 1. The normalized spacial score (nSPS) is 21.2. The topological polar surface area (TPSA) is 48.3 Å². The number of hydrogen-bond donors (Lipinski definition) is 1. The molecule has 0 saturated carbocycles. The van der Waals surface area contributed by atoms with Gasteiger partial charge in [-0.3, -0.25) is 0 Å². The molecule has 2 aromatic rings. The molecular formula is C16H19N3O2. The molecule has 1 aromatic heterocycles. The molecule has 2 aliphatic rings. The molecule has 1 atom stereocenters. The van der Waals surface area contributed by atoms with Crippen LogP contribution in [0.2, 0.25) is 0 Å². The second-order valence-corrected chi connectivity index (χ2v) is 5.56. The molecule has 0 spiro atoms. The zero-order valence-electron chi connectivity index (χ0n) is 11.9. The highest BCUT2D eigenvalue weighted by Crippen LogP contribution is 2.33. The molecule has 21 heavy (non-hydrogen) atoms. The van der Waals surface area contributed by atoms with Gasteiger partial charge in [-0.05, 0) is 31.5 Å². The van der Waals surface area contributed by atoms with Gasteiger partial charge in [0.15, 0.2) is 11.5 Å². The Morgan fingerprint density at radius 2 is 2.10 bits per heavy atom. The average molecular weight is 285 g/mol. The molecule has 0 bridgehead atoms. The molecule has 3 heterocycles. The zero-order chi connectivity index (χ0) is 14.1. The van der Waals surface area contributed by atoms with E-state index in [2.05, 4.69) is 20.9 Å². The first-order chi connectivity index (χ1) is 10.4. The molecule has 5 heteroatoms. The van der Waals surface area contributed by atoms with Gasteiger partial charge in [-0.25, -0.2) is 4.98 Å². The van der Waals surface area contributed by atoms with Crippen molar-refractivity contribution in [2.45, 2.75) is 18.8 Å². The molecule has 2 aliphatic heterocycles. The standard InChI is InChI=1S/C16H19N3O2/c1-2-12(9-17-5-1)14-10-18-11-19(14)13-3-4-15-16(8-13)21-7-6-20-15/h3-4,8,10-12,17H,1-2,5-7,9H2. The minimum absolute atomic E-state index is 0.523. The first kappa shape index (κ1) is 12.7. The quantitative estimate of drug-likeness (QED) is 0.918. The third kappa shape index (κ3) is 2.38. The number of rotatable bonds is 2. The zero-order valence-corrected chi connectivity index (χ0v) is 11.9. The van der Waals surface area contributed by atoms with Gasteiger partial charge in [-0.15, -0.1) is 0 Å². The summed E-state index contributed by atoms with van der Waals surface area (Å²) >= 11 is 0. The van der Waals surface area contributed by atoms with E-state index in [9.17, 15) is 0 Å². The lowest BCUT2D eigenvalue weighted by atomic mass is 9.96. The number of benzene rings is 1. The van der Waals surface area contributed by atoms with Crippen molar-refractivity contribution >= 4 is 0 Å². The summed E-state index contributed by atoms with van der Waals surface area (Å²) in [5.74, 6) is 2.17. The summed E-state index contributed by atoms with van der Waals surface area (Å²) < 4.78 is 13.4. The number of hydrogen-bond acceptors (Lipinski definition) is 4. The fourth-order valence-electron chi connectivity index (χ4n) is 3.11. The van der Waals surface area contributed by atoms with Gasteiger partial charge in [0.1, 0.15) is 13.2 Å². The summed E-state index contributed by atoms with van der Waals surface area (Å²) in [7, 11) is 0. The van der Waals surface area contributed by atoms with Gasteiger partial charge in [0.05, 0.1) is 12.0 Å². The molecule has 1 fully saturated rings. The van der Waals surface area contributed by atoms with Crippen LogP contribution in [0.15, 0.2) is 30.7 Å². The Kier molecular flexibility index (Phi) is 3.27. The number of nitrogens with zero attached hydrogens (tertiary/aromatic N) is 2. The number of ether oxygens (including phenoxy) is 2. The lowest BCUT2D eigenvalue weighted by Gasteiger charge is -2.24. The average Bonchev–Trinajstić information content (AvgIpc) is 3.05. The minimum atomic E-state index is 0.523. The maximum Gasteiger partial charge on any atom is 0.163 e. The third-order valence-electron chi connectivity index (χ3n) is 4.19. The second-order valence-electron chi connectivity index (χ2n) is 5.56. The second kappa shape index (κ2) is 5.41. The number of aromatic nitrogens is 2. The summed E-state index contributed by atoms with van der Waals surface area (Å²) in [4.78, 5) is 4.35. The largest absolute Gasteiger partial charge is 0.486 e. The van der Waals surface area contributed by atoms with Crippen LogP contribution in [0.3, 0.4) is 0 Å². The van der Waals surface area contributed by atoms with Crippen LogP contribution in [0.4, 0.5) is 0 Å². The highest BCUT2D eigenvalue weighted by atomic mass is 16.6. The Morgan fingerprint density at radius 1 is 1.19 bits per heavy atom. The van der Waals surface area contributed by atoms with Gasteiger partial charge in [0.2, 0.25) is 0 Å². The summed E-state index contributed by atoms with van der Waals surface area (Å²) in [5, 5.41) is 3.47. The van der Waals surface area contributed by atoms with Crippen molar-refractivity contribution in [3.63, 3.8) is 0 Å². The highest BCUT2D eigenvalue weighted by molar-refractivity contribution is 5.50. The SMILES string of the molecule is c1cc2c(cc1-n1cncc1C1CCCNC1)OCCO2. The van der Waals surface area contributed by atoms with Gasteiger partial charge in [0.25, 0.3) is 0 Å². The number of nitrogens with one attached hydrogen (secondary N) is 1. The lowest BCUT2D eigenvalue weighted by molar-refractivity contribution is 0.171. The monoisotopic (exact) mass is 285 g/mol. The molecule has 0 amide bonds. The van der Waals surface area contributed by atoms with Crippen molar-refractivity contribution in [1.29, 1.82) is 0 Å². The van der Waals surface area contributed by atoms with Crippen molar-refractivity contribution in [2.24, 2.45) is 0 Å². The van der Waals surface area contributed by atoms with E-state index in [-0.39, 0.29) is 0 Å². The Morgan fingerprint density at radius 3 is 2.95 bits per heavy atom. The van der Waals surface area contributed by atoms with Crippen molar-refractivity contribution in [3.05, 3.63) is 36.4 Å². The van der Waals surface area contributed by atoms with Crippen molar-refractivity contribution in [3.8, 4) is 17.2 Å². The van der Waals surface area contributed by atoms with Crippen molar-refractivity contribution < 1.29 is 9.47 Å². The first-order valence-corrected chi connectivity index (χ1v) is 7.55. The predicted molar refractivity (Wildman–Crippen MR) is 79.4 cm³/mol. The van der Waals surface area contributed by atoms with Crippen LogP contribution in [0.1, 0.15) is 24.5 Å². The Hall–Kier alpha value is -2.01. The summed E-state index contributed by atoms with van der Waals surface area (Å²) in [6.45, 7) is 3.38. The molecule has 0 radical (unpaired) electrons. The molecule has 1 aromatic carbocycles. The fourth-order valence-corrected chi connectivity index (χ4v) is 3.11. The Balaban J connectivity index is 1.68. The molecule has 1 unspecified atom stereocenters. The molecule has 110 valence electrons. The van der Waals surface area contributed by atoms with Crippen molar-refractivity contribution in [1.82, 2.24) is 14.9 Å². The maximum atomic E-state index is 5.68. The molecule has 1 saturated heterocycles. The van der Waals surface area contributed by atoms with Crippen LogP contribution >= 0.6 is 0 Å². The van der Waals surface area contributed by atoms with Gasteiger partial charge in [-0.2, -0.15) is 0 Å².